The fourth-order valence-corrected chi connectivity index (χ4v) is 3.71. The molecule has 2 aromatic heterocycles. The van der Waals surface area contributed by atoms with E-state index in [1.54, 1.807) is 40.9 Å². The lowest BCUT2D eigenvalue weighted by atomic mass is 10.2. The lowest BCUT2D eigenvalue weighted by Gasteiger charge is -2.06. The third-order valence-electron chi connectivity index (χ3n) is 4.23. The third kappa shape index (κ3) is 4.47. The Hall–Kier alpha value is -3.30. The van der Waals surface area contributed by atoms with E-state index in [1.807, 2.05) is 5.38 Å². The lowest BCUT2D eigenvalue weighted by Crippen LogP contribution is -2.36. The number of rotatable bonds is 5. The summed E-state index contributed by atoms with van der Waals surface area (Å²) in [5, 5.41) is 12.0. The van der Waals surface area contributed by atoms with E-state index in [-0.39, 0.29) is 12.4 Å². The highest BCUT2D eigenvalue weighted by molar-refractivity contribution is 7.15. The summed E-state index contributed by atoms with van der Waals surface area (Å²) in [5.74, 6) is -1.32. The molecule has 0 spiro atoms. The van der Waals surface area contributed by atoms with E-state index < -0.39 is 11.8 Å². The van der Waals surface area contributed by atoms with Crippen LogP contribution in [0.2, 0.25) is 5.02 Å². The summed E-state index contributed by atoms with van der Waals surface area (Å²) in [5.41, 5.74) is 2.04. The van der Waals surface area contributed by atoms with E-state index in [4.69, 9.17) is 11.6 Å². The van der Waals surface area contributed by atoms with Gasteiger partial charge in [-0.05, 0) is 48.5 Å². The van der Waals surface area contributed by atoms with Gasteiger partial charge < -0.3 is 10.6 Å². The van der Waals surface area contributed by atoms with Crippen LogP contribution in [-0.2, 0) is 16.0 Å². The topological polar surface area (TPSA) is 88.4 Å². The van der Waals surface area contributed by atoms with E-state index >= 15 is 0 Å². The van der Waals surface area contributed by atoms with Gasteiger partial charge in [0.15, 0.2) is 5.82 Å². The molecule has 0 fully saturated rings. The van der Waals surface area contributed by atoms with Gasteiger partial charge in [0.2, 0.25) is 4.96 Å². The van der Waals surface area contributed by atoms with Crippen molar-refractivity contribution in [2.75, 3.05) is 11.9 Å². The largest absolute Gasteiger partial charge is 0.347 e. The minimum absolute atomic E-state index is 0.254. The molecule has 2 aromatic carbocycles. The molecule has 0 aliphatic heterocycles. The second-order valence-electron chi connectivity index (χ2n) is 6.33. The van der Waals surface area contributed by atoms with Crippen LogP contribution in [0.1, 0.15) is 5.69 Å². The Labute approximate surface area is 179 Å². The van der Waals surface area contributed by atoms with Gasteiger partial charge in [0.05, 0.1) is 5.69 Å². The quantitative estimate of drug-likeness (QED) is 0.462. The Bertz CT molecular complexity index is 1200. The zero-order valence-electron chi connectivity index (χ0n) is 15.4. The first-order valence-corrected chi connectivity index (χ1v) is 10.2. The van der Waals surface area contributed by atoms with Crippen molar-refractivity contribution in [3.8, 4) is 11.4 Å². The van der Waals surface area contributed by atoms with Crippen molar-refractivity contribution < 1.29 is 14.0 Å². The van der Waals surface area contributed by atoms with Gasteiger partial charge in [0.25, 0.3) is 0 Å². The van der Waals surface area contributed by atoms with Gasteiger partial charge in [-0.15, -0.1) is 16.4 Å². The van der Waals surface area contributed by atoms with Crippen LogP contribution in [0.15, 0.2) is 53.9 Å². The summed E-state index contributed by atoms with van der Waals surface area (Å²) < 4.78 is 14.8. The predicted octanol–water partition coefficient (Wildman–Crippen LogP) is 3.55. The van der Waals surface area contributed by atoms with Crippen molar-refractivity contribution in [1.82, 2.24) is 19.9 Å². The van der Waals surface area contributed by atoms with Gasteiger partial charge in [0.1, 0.15) is 5.82 Å². The Morgan fingerprint density at radius 3 is 2.53 bits per heavy atom. The zero-order valence-corrected chi connectivity index (χ0v) is 17.0. The number of fused-ring (bicyclic) bond motifs is 1. The molecule has 0 radical (unpaired) electrons. The number of aromatic nitrogens is 3. The number of carbonyl (C=O) groups excluding carboxylic acids is 2. The summed E-state index contributed by atoms with van der Waals surface area (Å²) in [4.78, 5) is 29.1. The number of nitrogens with zero attached hydrogens (tertiary/aromatic N) is 3. The van der Waals surface area contributed by atoms with Crippen LogP contribution in [0.5, 0.6) is 0 Å². The Morgan fingerprint density at radius 1 is 1.07 bits per heavy atom. The van der Waals surface area contributed by atoms with Gasteiger partial charge in [-0.25, -0.2) is 8.91 Å². The molecule has 0 atom stereocenters. The van der Waals surface area contributed by atoms with Crippen LogP contribution in [0.3, 0.4) is 0 Å². The zero-order chi connectivity index (χ0) is 21.1. The molecule has 0 unspecified atom stereocenters. The molecule has 7 nitrogen and oxygen atoms in total. The van der Waals surface area contributed by atoms with Crippen molar-refractivity contribution in [3.05, 3.63) is 70.4 Å². The van der Waals surface area contributed by atoms with Crippen molar-refractivity contribution in [1.29, 1.82) is 0 Å². The van der Waals surface area contributed by atoms with Gasteiger partial charge in [-0.2, -0.15) is 4.98 Å². The maximum atomic E-state index is 13.1. The highest BCUT2D eigenvalue weighted by Gasteiger charge is 2.15. The number of nitrogens with one attached hydrogen (secondary N) is 2. The van der Waals surface area contributed by atoms with Gasteiger partial charge >= 0.3 is 11.8 Å². The minimum Gasteiger partial charge on any atom is -0.347 e. The number of amides is 2. The van der Waals surface area contributed by atoms with E-state index in [1.165, 1.54) is 23.5 Å². The van der Waals surface area contributed by atoms with Crippen LogP contribution < -0.4 is 10.6 Å². The summed E-state index contributed by atoms with van der Waals surface area (Å²) in [6, 6.07) is 12.4. The number of anilines is 1. The first-order chi connectivity index (χ1) is 14.5. The molecule has 30 heavy (non-hydrogen) atoms. The van der Waals surface area contributed by atoms with E-state index in [0.717, 1.165) is 5.69 Å². The number of carbonyl (C=O) groups is 2. The summed E-state index contributed by atoms with van der Waals surface area (Å²) in [6.07, 6.45) is 0.464. The summed E-state index contributed by atoms with van der Waals surface area (Å²) >= 11 is 7.21. The molecule has 0 aliphatic carbocycles. The molecule has 2 heterocycles. The molecule has 0 bridgehead atoms. The standard InChI is InChI=1S/C20H15ClFN5O2S/c21-13-3-7-15(8-4-13)24-19(29)18(28)23-10-9-16-11-30-20-25-17(26-27(16)20)12-1-5-14(22)6-2-12/h1-8,11H,9-10H2,(H,23,28)(H,24,29). The van der Waals surface area contributed by atoms with Crippen LogP contribution in [0, 0.1) is 5.82 Å². The fraction of sp³-hybridized carbons (Fsp3) is 0.100. The Kier molecular flexibility index (Phi) is 5.73. The second kappa shape index (κ2) is 8.60. The maximum absolute atomic E-state index is 13.1. The third-order valence-corrected chi connectivity index (χ3v) is 5.34. The SMILES string of the molecule is O=C(NCCc1csc2nc(-c3ccc(F)cc3)nn12)C(=O)Nc1ccc(Cl)cc1. The van der Waals surface area contributed by atoms with Gasteiger partial charge in [-0.3, -0.25) is 9.59 Å². The molecule has 10 heteroatoms. The first kappa shape index (κ1) is 20.0. The molecule has 2 N–H and O–H groups in total. The molecule has 0 saturated carbocycles. The fourth-order valence-electron chi connectivity index (χ4n) is 2.72. The summed E-state index contributed by atoms with van der Waals surface area (Å²) in [6.45, 7) is 0.254. The van der Waals surface area contributed by atoms with Gasteiger partial charge in [-0.1, -0.05) is 11.6 Å². The van der Waals surface area contributed by atoms with E-state index in [9.17, 15) is 14.0 Å². The maximum Gasteiger partial charge on any atom is 0.313 e. The van der Waals surface area contributed by atoms with Crippen LogP contribution in [0.4, 0.5) is 10.1 Å². The Balaban J connectivity index is 1.35. The van der Waals surface area contributed by atoms with Crippen molar-refractivity contribution in [2.45, 2.75) is 6.42 Å². The molecule has 0 saturated heterocycles. The second-order valence-corrected chi connectivity index (χ2v) is 7.60. The van der Waals surface area contributed by atoms with Gasteiger partial charge in [0, 0.05) is 34.6 Å². The molecular formula is C20H15ClFN5O2S. The molecule has 4 rings (SSSR count). The monoisotopic (exact) mass is 443 g/mol. The molecular weight excluding hydrogens is 429 g/mol. The number of benzene rings is 2. The number of hydrogen-bond acceptors (Lipinski definition) is 5. The van der Waals surface area contributed by atoms with E-state index in [2.05, 4.69) is 20.7 Å². The van der Waals surface area contributed by atoms with Crippen molar-refractivity contribution >= 4 is 45.4 Å². The van der Waals surface area contributed by atoms with Crippen LogP contribution >= 0.6 is 22.9 Å². The molecule has 2 amide bonds. The first-order valence-electron chi connectivity index (χ1n) is 8.93. The normalized spacial score (nSPS) is 10.9. The number of halogens is 2. The smallest absolute Gasteiger partial charge is 0.313 e. The number of hydrogen-bond donors (Lipinski definition) is 2. The summed E-state index contributed by atoms with van der Waals surface area (Å²) in [7, 11) is 0. The van der Waals surface area contributed by atoms with Crippen LogP contribution in [-0.4, -0.2) is 33.0 Å². The van der Waals surface area contributed by atoms with Crippen molar-refractivity contribution in [2.24, 2.45) is 0 Å². The Morgan fingerprint density at radius 2 is 1.80 bits per heavy atom. The number of thiazole rings is 1. The minimum atomic E-state index is -0.757. The van der Waals surface area contributed by atoms with E-state index in [0.29, 0.717) is 33.5 Å². The average Bonchev–Trinajstić information content (AvgIpc) is 3.32. The predicted molar refractivity (Wildman–Crippen MR) is 113 cm³/mol. The molecule has 4 aromatic rings. The van der Waals surface area contributed by atoms with Crippen LogP contribution in [0.25, 0.3) is 16.3 Å². The molecule has 0 aliphatic rings. The highest BCUT2D eigenvalue weighted by atomic mass is 35.5. The molecule has 152 valence electrons. The average molecular weight is 444 g/mol. The lowest BCUT2D eigenvalue weighted by molar-refractivity contribution is -0.136. The van der Waals surface area contributed by atoms with Crippen molar-refractivity contribution in [3.63, 3.8) is 0 Å². The highest BCUT2D eigenvalue weighted by Crippen LogP contribution is 2.21.